The summed E-state index contributed by atoms with van der Waals surface area (Å²) in [7, 11) is 0. The van der Waals surface area contributed by atoms with Gasteiger partial charge in [-0.3, -0.25) is 0 Å². The number of thiazole rings is 1. The van der Waals surface area contributed by atoms with Gasteiger partial charge in [0.25, 0.3) is 0 Å². The molecule has 4 heteroatoms. The van der Waals surface area contributed by atoms with E-state index in [4.69, 9.17) is 11.6 Å². The summed E-state index contributed by atoms with van der Waals surface area (Å²) in [5, 5.41) is 2.72. The van der Waals surface area contributed by atoms with E-state index in [9.17, 15) is 4.39 Å². The first-order chi connectivity index (χ1) is 6.66. The summed E-state index contributed by atoms with van der Waals surface area (Å²) in [6.07, 6.45) is 0. The summed E-state index contributed by atoms with van der Waals surface area (Å²) in [5.74, 6) is -0.262. The predicted octanol–water partition coefficient (Wildman–Crippen LogP) is 3.91. The second kappa shape index (κ2) is 3.67. The second-order valence-corrected chi connectivity index (χ2v) is 4.20. The first-order valence-electron chi connectivity index (χ1n) is 4.04. The molecule has 0 unspecified atom stereocenters. The van der Waals surface area contributed by atoms with E-state index in [-0.39, 0.29) is 5.82 Å². The van der Waals surface area contributed by atoms with Crippen LogP contribution in [-0.4, -0.2) is 4.98 Å². The van der Waals surface area contributed by atoms with E-state index >= 15 is 0 Å². The zero-order valence-electron chi connectivity index (χ0n) is 7.42. The molecule has 2 aromatic rings. The van der Waals surface area contributed by atoms with Crippen molar-refractivity contribution in [2.24, 2.45) is 0 Å². The molecule has 0 aliphatic rings. The Morgan fingerprint density at radius 3 is 2.86 bits per heavy atom. The highest BCUT2D eigenvalue weighted by molar-refractivity contribution is 7.13. The first-order valence-corrected chi connectivity index (χ1v) is 5.30. The van der Waals surface area contributed by atoms with E-state index in [1.54, 1.807) is 17.5 Å². The highest BCUT2D eigenvalue weighted by Gasteiger charge is 2.08. The van der Waals surface area contributed by atoms with Crippen LogP contribution in [0.1, 0.15) is 5.56 Å². The number of hydrogen-bond acceptors (Lipinski definition) is 2. The van der Waals surface area contributed by atoms with Crippen molar-refractivity contribution in [3.8, 4) is 10.6 Å². The molecule has 72 valence electrons. The van der Waals surface area contributed by atoms with Gasteiger partial charge >= 0.3 is 0 Å². The summed E-state index contributed by atoms with van der Waals surface area (Å²) >= 11 is 7.02. The van der Waals surface area contributed by atoms with Crippen molar-refractivity contribution in [3.05, 3.63) is 40.1 Å². The molecular formula is C10H7ClFNS. The van der Waals surface area contributed by atoms with Crippen molar-refractivity contribution in [1.82, 2.24) is 4.98 Å². The van der Waals surface area contributed by atoms with E-state index in [2.05, 4.69) is 4.98 Å². The van der Waals surface area contributed by atoms with Gasteiger partial charge in [-0.05, 0) is 19.1 Å². The fraction of sp³-hybridized carbons (Fsp3) is 0.100. The van der Waals surface area contributed by atoms with Crippen LogP contribution >= 0.6 is 22.9 Å². The topological polar surface area (TPSA) is 12.9 Å². The van der Waals surface area contributed by atoms with Crippen LogP contribution in [0.25, 0.3) is 10.6 Å². The lowest BCUT2D eigenvalue weighted by Crippen LogP contribution is -1.84. The van der Waals surface area contributed by atoms with Crippen molar-refractivity contribution in [3.63, 3.8) is 0 Å². The number of benzene rings is 1. The molecule has 0 atom stereocenters. The maximum Gasteiger partial charge on any atom is 0.140 e. The van der Waals surface area contributed by atoms with Crippen LogP contribution in [0.3, 0.4) is 0 Å². The van der Waals surface area contributed by atoms with Crippen molar-refractivity contribution in [2.75, 3.05) is 0 Å². The molecule has 0 aliphatic carbocycles. The third kappa shape index (κ3) is 1.79. The number of aryl methyl sites for hydroxylation is 1. The number of rotatable bonds is 1. The standard InChI is InChI=1S/C10H7ClFNS/c1-6-2-3-8(12)7(4-6)10-13-9(11)5-14-10/h2-5H,1H3. The van der Waals surface area contributed by atoms with Gasteiger partial charge in [-0.25, -0.2) is 9.37 Å². The first kappa shape index (κ1) is 9.62. The molecular weight excluding hydrogens is 221 g/mol. The van der Waals surface area contributed by atoms with Gasteiger partial charge in [0.1, 0.15) is 16.0 Å². The van der Waals surface area contributed by atoms with Crippen molar-refractivity contribution < 1.29 is 4.39 Å². The zero-order valence-corrected chi connectivity index (χ0v) is 8.99. The smallest absolute Gasteiger partial charge is 0.140 e. The van der Waals surface area contributed by atoms with Crippen LogP contribution in [0.2, 0.25) is 5.15 Å². The Kier molecular flexibility index (Phi) is 2.52. The summed E-state index contributed by atoms with van der Waals surface area (Å²) in [6, 6.07) is 4.94. The minimum atomic E-state index is -0.262. The molecule has 0 saturated heterocycles. The van der Waals surface area contributed by atoms with Gasteiger partial charge in [0.15, 0.2) is 0 Å². The van der Waals surface area contributed by atoms with Gasteiger partial charge in [0.2, 0.25) is 0 Å². The molecule has 0 N–H and O–H groups in total. The monoisotopic (exact) mass is 227 g/mol. The molecule has 2 rings (SSSR count). The number of hydrogen-bond donors (Lipinski definition) is 0. The fourth-order valence-corrected chi connectivity index (χ4v) is 2.15. The summed E-state index contributed by atoms with van der Waals surface area (Å²) in [6.45, 7) is 1.91. The van der Waals surface area contributed by atoms with Crippen molar-refractivity contribution in [1.29, 1.82) is 0 Å². The Labute approximate surface area is 90.2 Å². The summed E-state index contributed by atoms with van der Waals surface area (Å²) < 4.78 is 13.4. The molecule has 0 saturated carbocycles. The Morgan fingerprint density at radius 1 is 1.43 bits per heavy atom. The Balaban J connectivity index is 2.55. The third-order valence-corrected chi connectivity index (χ3v) is 3.03. The van der Waals surface area contributed by atoms with E-state index in [1.807, 2.05) is 6.92 Å². The van der Waals surface area contributed by atoms with Gasteiger partial charge in [0.05, 0.1) is 0 Å². The SMILES string of the molecule is Cc1ccc(F)c(-c2nc(Cl)cs2)c1. The minimum Gasteiger partial charge on any atom is -0.224 e. The molecule has 0 aliphatic heterocycles. The molecule has 0 bridgehead atoms. The fourth-order valence-electron chi connectivity index (χ4n) is 1.18. The number of halogens is 2. The van der Waals surface area contributed by atoms with Gasteiger partial charge in [-0.15, -0.1) is 11.3 Å². The maximum absolute atomic E-state index is 13.4. The van der Waals surface area contributed by atoms with E-state index < -0.39 is 0 Å². The average Bonchev–Trinajstić information content (AvgIpc) is 2.56. The van der Waals surface area contributed by atoms with Crippen LogP contribution in [-0.2, 0) is 0 Å². The van der Waals surface area contributed by atoms with Gasteiger partial charge in [-0.1, -0.05) is 23.2 Å². The average molecular weight is 228 g/mol. The van der Waals surface area contributed by atoms with Gasteiger partial charge in [0, 0.05) is 10.9 Å². The van der Waals surface area contributed by atoms with Crippen LogP contribution < -0.4 is 0 Å². The Morgan fingerprint density at radius 2 is 2.21 bits per heavy atom. The lowest BCUT2D eigenvalue weighted by Gasteiger charge is -1.99. The molecule has 0 fully saturated rings. The van der Waals surface area contributed by atoms with Crippen LogP contribution in [0.15, 0.2) is 23.6 Å². The molecule has 1 aromatic carbocycles. The maximum atomic E-state index is 13.4. The molecule has 1 nitrogen and oxygen atoms in total. The normalized spacial score (nSPS) is 10.5. The van der Waals surface area contributed by atoms with Gasteiger partial charge < -0.3 is 0 Å². The molecule has 14 heavy (non-hydrogen) atoms. The quantitative estimate of drug-likeness (QED) is 0.720. The van der Waals surface area contributed by atoms with Crippen molar-refractivity contribution >= 4 is 22.9 Å². The largest absolute Gasteiger partial charge is 0.224 e. The molecule has 1 heterocycles. The molecule has 0 spiro atoms. The van der Waals surface area contributed by atoms with Gasteiger partial charge in [-0.2, -0.15) is 0 Å². The highest BCUT2D eigenvalue weighted by atomic mass is 35.5. The van der Waals surface area contributed by atoms with Crippen molar-refractivity contribution in [2.45, 2.75) is 6.92 Å². The number of nitrogens with zero attached hydrogens (tertiary/aromatic N) is 1. The Bertz CT molecular complexity index is 467. The second-order valence-electron chi connectivity index (χ2n) is 2.96. The highest BCUT2D eigenvalue weighted by Crippen LogP contribution is 2.28. The van der Waals surface area contributed by atoms with Crippen LogP contribution in [0.4, 0.5) is 4.39 Å². The van der Waals surface area contributed by atoms with E-state index in [0.717, 1.165) is 5.56 Å². The Hall–Kier alpha value is -0.930. The van der Waals surface area contributed by atoms with E-state index in [1.165, 1.54) is 17.4 Å². The summed E-state index contributed by atoms with van der Waals surface area (Å²) in [4.78, 5) is 4.03. The number of aromatic nitrogens is 1. The molecule has 0 amide bonds. The molecule has 0 radical (unpaired) electrons. The lowest BCUT2D eigenvalue weighted by atomic mass is 10.1. The predicted molar refractivity (Wildman–Crippen MR) is 57.3 cm³/mol. The molecule has 1 aromatic heterocycles. The minimum absolute atomic E-state index is 0.262. The van der Waals surface area contributed by atoms with E-state index in [0.29, 0.717) is 15.7 Å². The van der Waals surface area contributed by atoms with Crippen LogP contribution in [0, 0.1) is 12.7 Å². The van der Waals surface area contributed by atoms with Crippen LogP contribution in [0.5, 0.6) is 0 Å². The lowest BCUT2D eigenvalue weighted by molar-refractivity contribution is 0.631. The summed E-state index contributed by atoms with van der Waals surface area (Å²) in [5.41, 5.74) is 1.52. The zero-order chi connectivity index (χ0) is 10.1. The third-order valence-electron chi connectivity index (χ3n) is 1.83.